The summed E-state index contributed by atoms with van der Waals surface area (Å²) in [4.78, 5) is 10.5. The highest BCUT2D eigenvalue weighted by atomic mass is 16.4. The average Bonchev–Trinajstić information content (AvgIpc) is 2.50. The predicted octanol–water partition coefficient (Wildman–Crippen LogP) is 1.56. The first-order valence-corrected chi connectivity index (χ1v) is 3.99. The van der Waals surface area contributed by atoms with E-state index in [1.807, 2.05) is 13.8 Å². The number of nitrogens with zero attached hydrogens (tertiary/aromatic N) is 2. The molecule has 0 bridgehead atoms. The van der Waals surface area contributed by atoms with Gasteiger partial charge in [0.2, 0.25) is 0 Å². The molecule has 0 atom stereocenters. The summed E-state index contributed by atoms with van der Waals surface area (Å²) in [5, 5.41) is 12.7. The van der Waals surface area contributed by atoms with Gasteiger partial charge in [0.1, 0.15) is 0 Å². The first-order chi connectivity index (χ1) is 6.02. The second kappa shape index (κ2) is 3.43. The highest BCUT2D eigenvalue weighted by Gasteiger charge is 2.10. The largest absolute Gasteiger partial charge is 0.478 e. The molecule has 0 fully saturated rings. The molecule has 4 heteroatoms. The van der Waals surface area contributed by atoms with Gasteiger partial charge in [-0.2, -0.15) is 5.10 Å². The summed E-state index contributed by atoms with van der Waals surface area (Å²) in [5.41, 5.74) is 0.633. The van der Waals surface area contributed by atoms with Crippen LogP contribution in [0.2, 0.25) is 0 Å². The van der Waals surface area contributed by atoms with E-state index < -0.39 is 5.97 Å². The Morgan fingerprint density at radius 2 is 2.31 bits per heavy atom. The van der Waals surface area contributed by atoms with Gasteiger partial charge >= 0.3 is 5.97 Å². The Bertz CT molecular complexity index is 339. The minimum atomic E-state index is -1.01. The monoisotopic (exact) mass is 180 g/mol. The molecular weight excluding hydrogens is 168 g/mol. The zero-order chi connectivity index (χ0) is 10.0. The van der Waals surface area contributed by atoms with Crippen LogP contribution in [0.4, 0.5) is 0 Å². The van der Waals surface area contributed by atoms with E-state index in [4.69, 9.17) is 5.11 Å². The Balaban J connectivity index is 2.92. The van der Waals surface area contributed by atoms with Crippen LogP contribution in [0.15, 0.2) is 19.0 Å². The lowest BCUT2D eigenvalue weighted by Crippen LogP contribution is -2.00. The van der Waals surface area contributed by atoms with E-state index in [1.54, 1.807) is 10.9 Å². The van der Waals surface area contributed by atoms with Gasteiger partial charge in [-0.3, -0.25) is 4.68 Å². The Labute approximate surface area is 76.5 Å². The fourth-order valence-corrected chi connectivity index (χ4v) is 0.900. The summed E-state index contributed by atoms with van der Waals surface area (Å²) in [6, 6.07) is 0.232. The minimum Gasteiger partial charge on any atom is -0.478 e. The topological polar surface area (TPSA) is 55.1 Å². The SMILES string of the molecule is C=C(C(=O)O)c1cnn(C(C)C)c1. The van der Waals surface area contributed by atoms with Gasteiger partial charge in [-0.25, -0.2) is 4.79 Å². The normalized spacial score (nSPS) is 10.4. The van der Waals surface area contributed by atoms with Crippen molar-refractivity contribution in [2.45, 2.75) is 19.9 Å². The lowest BCUT2D eigenvalue weighted by Gasteiger charge is -2.02. The van der Waals surface area contributed by atoms with E-state index in [0.29, 0.717) is 5.56 Å². The first kappa shape index (κ1) is 9.51. The van der Waals surface area contributed by atoms with E-state index in [0.717, 1.165) is 0 Å². The summed E-state index contributed by atoms with van der Waals surface area (Å²) in [6.07, 6.45) is 3.19. The molecule has 0 saturated carbocycles. The molecule has 1 rings (SSSR count). The second-order valence-electron chi connectivity index (χ2n) is 3.09. The molecule has 0 unspecified atom stereocenters. The maximum atomic E-state index is 10.5. The molecule has 1 aromatic heterocycles. The van der Waals surface area contributed by atoms with Crippen molar-refractivity contribution in [2.24, 2.45) is 0 Å². The van der Waals surface area contributed by atoms with E-state index in [2.05, 4.69) is 11.7 Å². The zero-order valence-electron chi connectivity index (χ0n) is 7.69. The molecule has 70 valence electrons. The Kier molecular flexibility index (Phi) is 2.51. The van der Waals surface area contributed by atoms with Gasteiger partial charge < -0.3 is 5.11 Å². The lowest BCUT2D eigenvalue weighted by atomic mass is 10.2. The number of aromatic nitrogens is 2. The van der Waals surface area contributed by atoms with Gasteiger partial charge in [-0.05, 0) is 13.8 Å². The van der Waals surface area contributed by atoms with Gasteiger partial charge in [0.05, 0.1) is 11.8 Å². The summed E-state index contributed by atoms with van der Waals surface area (Å²) in [7, 11) is 0. The molecule has 4 nitrogen and oxygen atoms in total. The van der Waals surface area contributed by atoms with Gasteiger partial charge in [-0.1, -0.05) is 6.58 Å². The van der Waals surface area contributed by atoms with Crippen LogP contribution in [-0.2, 0) is 4.79 Å². The van der Waals surface area contributed by atoms with Crippen molar-refractivity contribution < 1.29 is 9.90 Å². The van der Waals surface area contributed by atoms with Crippen LogP contribution in [0.5, 0.6) is 0 Å². The number of rotatable bonds is 3. The Morgan fingerprint density at radius 1 is 1.69 bits per heavy atom. The fraction of sp³-hybridized carbons (Fsp3) is 0.333. The van der Waals surface area contributed by atoms with Crippen molar-refractivity contribution in [1.29, 1.82) is 0 Å². The molecule has 13 heavy (non-hydrogen) atoms. The third-order valence-electron chi connectivity index (χ3n) is 1.74. The van der Waals surface area contributed by atoms with Crippen molar-refractivity contribution in [3.05, 3.63) is 24.5 Å². The highest BCUT2D eigenvalue weighted by molar-refractivity contribution is 6.14. The molecule has 0 aliphatic rings. The molecule has 0 saturated heterocycles. The molecule has 0 aliphatic carbocycles. The van der Waals surface area contributed by atoms with Crippen molar-refractivity contribution in [2.75, 3.05) is 0 Å². The first-order valence-electron chi connectivity index (χ1n) is 3.99. The minimum absolute atomic E-state index is 0.0758. The standard InChI is InChI=1S/C9H12N2O2/c1-6(2)11-5-8(4-10-11)7(3)9(12)13/h4-6H,3H2,1-2H3,(H,12,13). The molecule has 0 aliphatic heterocycles. The van der Waals surface area contributed by atoms with Crippen molar-refractivity contribution >= 4 is 11.5 Å². The molecule has 0 aromatic carbocycles. The average molecular weight is 180 g/mol. The van der Waals surface area contributed by atoms with Gasteiger partial charge in [-0.15, -0.1) is 0 Å². The predicted molar refractivity (Wildman–Crippen MR) is 49.3 cm³/mol. The van der Waals surface area contributed by atoms with E-state index in [9.17, 15) is 4.79 Å². The summed E-state index contributed by atoms with van der Waals surface area (Å²) < 4.78 is 1.70. The lowest BCUT2D eigenvalue weighted by molar-refractivity contribution is -0.130. The highest BCUT2D eigenvalue weighted by Crippen LogP contribution is 2.13. The Hall–Kier alpha value is -1.58. The Morgan fingerprint density at radius 3 is 2.69 bits per heavy atom. The smallest absolute Gasteiger partial charge is 0.335 e. The number of hydrogen-bond donors (Lipinski definition) is 1. The molecule has 0 spiro atoms. The van der Waals surface area contributed by atoms with Crippen LogP contribution < -0.4 is 0 Å². The van der Waals surface area contributed by atoms with Crippen molar-refractivity contribution in [3.8, 4) is 0 Å². The third kappa shape index (κ3) is 1.96. The summed E-state index contributed by atoms with van der Waals surface area (Å²) in [5.74, 6) is -1.01. The van der Waals surface area contributed by atoms with Crippen LogP contribution in [0, 0.1) is 0 Å². The van der Waals surface area contributed by atoms with Crippen LogP contribution >= 0.6 is 0 Å². The number of hydrogen-bond acceptors (Lipinski definition) is 2. The molecule has 1 aromatic rings. The third-order valence-corrected chi connectivity index (χ3v) is 1.74. The van der Waals surface area contributed by atoms with E-state index >= 15 is 0 Å². The van der Waals surface area contributed by atoms with Crippen LogP contribution in [-0.4, -0.2) is 20.9 Å². The second-order valence-corrected chi connectivity index (χ2v) is 3.09. The quantitative estimate of drug-likeness (QED) is 0.718. The maximum absolute atomic E-state index is 10.5. The molecule has 1 N–H and O–H groups in total. The number of aliphatic carboxylic acids is 1. The molecule has 0 radical (unpaired) electrons. The van der Waals surface area contributed by atoms with E-state index in [-0.39, 0.29) is 11.6 Å². The maximum Gasteiger partial charge on any atom is 0.335 e. The summed E-state index contributed by atoms with van der Waals surface area (Å²) in [6.45, 7) is 7.39. The fourth-order valence-electron chi connectivity index (χ4n) is 0.900. The van der Waals surface area contributed by atoms with Crippen LogP contribution in [0.3, 0.4) is 0 Å². The number of carbonyl (C=O) groups is 1. The molecule has 0 amide bonds. The number of carboxylic acid groups (broad SMARTS) is 1. The van der Waals surface area contributed by atoms with Crippen LogP contribution in [0.1, 0.15) is 25.5 Å². The van der Waals surface area contributed by atoms with Crippen molar-refractivity contribution in [3.63, 3.8) is 0 Å². The van der Waals surface area contributed by atoms with E-state index in [1.165, 1.54) is 6.20 Å². The zero-order valence-corrected chi connectivity index (χ0v) is 7.69. The van der Waals surface area contributed by atoms with Crippen molar-refractivity contribution in [1.82, 2.24) is 9.78 Å². The van der Waals surface area contributed by atoms with Gasteiger partial charge in [0.25, 0.3) is 0 Å². The van der Waals surface area contributed by atoms with Gasteiger partial charge in [0.15, 0.2) is 0 Å². The number of carboxylic acids is 1. The molecule has 1 heterocycles. The molecular formula is C9H12N2O2. The van der Waals surface area contributed by atoms with Crippen LogP contribution in [0.25, 0.3) is 5.57 Å². The van der Waals surface area contributed by atoms with Gasteiger partial charge in [0, 0.05) is 17.8 Å². The summed E-state index contributed by atoms with van der Waals surface area (Å²) >= 11 is 0.